The first-order valence-electron chi connectivity index (χ1n) is 5.29. The van der Waals surface area contributed by atoms with Crippen LogP contribution in [0.2, 0.25) is 0 Å². The van der Waals surface area contributed by atoms with E-state index in [0.29, 0.717) is 12.8 Å². The van der Waals surface area contributed by atoms with Crippen LogP contribution >= 0.6 is 0 Å². The Balaban J connectivity index is 3.02. The van der Waals surface area contributed by atoms with E-state index < -0.39 is 5.79 Å². The maximum Gasteiger partial charge on any atom is 0.171 e. The minimum absolute atomic E-state index is 0.353. The molecule has 1 fully saturated rings. The van der Waals surface area contributed by atoms with Gasteiger partial charge in [0.2, 0.25) is 0 Å². The van der Waals surface area contributed by atoms with Crippen LogP contribution < -0.4 is 0 Å². The molecule has 0 bridgehead atoms. The van der Waals surface area contributed by atoms with Crippen molar-refractivity contribution in [1.82, 2.24) is 5.06 Å². The molecule has 1 N–H and O–H groups in total. The fourth-order valence-electron chi connectivity index (χ4n) is 2.72. The summed E-state index contributed by atoms with van der Waals surface area (Å²) in [6, 6.07) is 0. The summed E-state index contributed by atoms with van der Waals surface area (Å²) in [7, 11) is 3.31. The van der Waals surface area contributed by atoms with Crippen LogP contribution in [0.4, 0.5) is 0 Å². The van der Waals surface area contributed by atoms with Gasteiger partial charge in [-0.15, -0.1) is 0 Å². The van der Waals surface area contributed by atoms with Crippen molar-refractivity contribution < 1.29 is 14.7 Å². The molecule has 0 aromatic carbocycles. The minimum atomic E-state index is -0.591. The third-order valence-corrected chi connectivity index (χ3v) is 3.29. The van der Waals surface area contributed by atoms with E-state index in [0.717, 1.165) is 0 Å². The zero-order valence-corrected chi connectivity index (χ0v) is 10.6. The maximum atomic E-state index is 10.1. The highest BCUT2D eigenvalue weighted by Crippen LogP contribution is 2.43. The molecule has 4 heteroatoms. The lowest BCUT2D eigenvalue weighted by Crippen LogP contribution is -2.65. The van der Waals surface area contributed by atoms with Crippen LogP contribution in [-0.2, 0) is 9.47 Å². The van der Waals surface area contributed by atoms with Crippen LogP contribution in [0.15, 0.2) is 0 Å². The highest BCUT2D eigenvalue weighted by Gasteiger charge is 2.53. The average molecular weight is 217 g/mol. The highest BCUT2D eigenvalue weighted by molar-refractivity contribution is 5.00. The van der Waals surface area contributed by atoms with E-state index in [4.69, 9.17) is 9.47 Å². The summed E-state index contributed by atoms with van der Waals surface area (Å²) in [5.74, 6) is -0.591. The highest BCUT2D eigenvalue weighted by atomic mass is 16.7. The lowest BCUT2D eigenvalue weighted by Gasteiger charge is -2.55. The topological polar surface area (TPSA) is 41.9 Å². The Hall–Kier alpha value is -0.160. The first-order chi connectivity index (χ1) is 6.69. The van der Waals surface area contributed by atoms with Crippen LogP contribution in [0.3, 0.4) is 0 Å². The zero-order chi connectivity index (χ0) is 11.9. The zero-order valence-electron chi connectivity index (χ0n) is 10.6. The first-order valence-corrected chi connectivity index (χ1v) is 5.29. The quantitative estimate of drug-likeness (QED) is 0.718. The van der Waals surface area contributed by atoms with Crippen molar-refractivity contribution in [2.24, 2.45) is 0 Å². The van der Waals surface area contributed by atoms with Gasteiger partial charge in [-0.05, 0) is 27.7 Å². The number of ether oxygens (including phenoxy) is 2. The molecule has 0 radical (unpaired) electrons. The SMILES string of the molecule is COC1(OC)CC(C)(C)N(O)C(C)(C)C1. The van der Waals surface area contributed by atoms with Gasteiger partial charge in [-0.1, -0.05) is 0 Å². The number of hydrogen-bond donors (Lipinski definition) is 1. The molecule has 0 atom stereocenters. The van der Waals surface area contributed by atoms with Gasteiger partial charge in [-0.25, -0.2) is 0 Å². The lowest BCUT2D eigenvalue weighted by atomic mass is 9.78. The number of nitrogens with zero attached hydrogens (tertiary/aromatic N) is 1. The molecule has 15 heavy (non-hydrogen) atoms. The van der Waals surface area contributed by atoms with Crippen molar-refractivity contribution in [3.05, 3.63) is 0 Å². The molecule has 0 saturated carbocycles. The van der Waals surface area contributed by atoms with Crippen molar-refractivity contribution in [1.29, 1.82) is 0 Å². The summed E-state index contributed by atoms with van der Waals surface area (Å²) in [6.07, 6.45) is 1.29. The Labute approximate surface area is 92.1 Å². The third-order valence-electron chi connectivity index (χ3n) is 3.29. The van der Waals surface area contributed by atoms with Gasteiger partial charge >= 0.3 is 0 Å². The number of rotatable bonds is 2. The monoisotopic (exact) mass is 217 g/mol. The van der Waals surface area contributed by atoms with E-state index in [9.17, 15) is 5.21 Å². The Morgan fingerprint density at radius 2 is 1.27 bits per heavy atom. The minimum Gasteiger partial charge on any atom is -0.353 e. The summed E-state index contributed by atoms with van der Waals surface area (Å²) in [5, 5.41) is 11.5. The number of hydroxylamine groups is 2. The van der Waals surface area contributed by atoms with Crippen molar-refractivity contribution in [3.63, 3.8) is 0 Å². The van der Waals surface area contributed by atoms with Crippen molar-refractivity contribution in [2.45, 2.75) is 57.4 Å². The molecule has 0 aliphatic carbocycles. The van der Waals surface area contributed by atoms with E-state index in [1.54, 1.807) is 14.2 Å². The third kappa shape index (κ3) is 2.18. The number of methoxy groups -OCH3 is 2. The van der Waals surface area contributed by atoms with Gasteiger partial charge in [0.25, 0.3) is 0 Å². The molecule has 0 aromatic heterocycles. The Morgan fingerprint density at radius 1 is 0.933 bits per heavy atom. The summed E-state index contributed by atoms with van der Waals surface area (Å²) in [4.78, 5) is 0. The summed E-state index contributed by atoms with van der Waals surface area (Å²) >= 11 is 0. The predicted molar refractivity (Wildman–Crippen MR) is 57.8 cm³/mol. The van der Waals surface area contributed by atoms with Gasteiger partial charge < -0.3 is 14.7 Å². The van der Waals surface area contributed by atoms with E-state index in [2.05, 4.69) is 0 Å². The molecule has 0 aromatic rings. The van der Waals surface area contributed by atoms with Crippen LogP contribution in [0.1, 0.15) is 40.5 Å². The predicted octanol–water partition coefficient (Wildman–Crippen LogP) is 2.02. The van der Waals surface area contributed by atoms with E-state index in [1.165, 1.54) is 5.06 Å². The molecule has 1 aliphatic rings. The van der Waals surface area contributed by atoms with Crippen LogP contribution in [0.5, 0.6) is 0 Å². The van der Waals surface area contributed by atoms with E-state index in [1.807, 2.05) is 27.7 Å². The molecule has 1 aliphatic heterocycles. The molecule has 1 heterocycles. The first kappa shape index (κ1) is 12.9. The summed E-state index contributed by atoms with van der Waals surface area (Å²) in [6.45, 7) is 7.95. The summed E-state index contributed by atoms with van der Waals surface area (Å²) in [5.41, 5.74) is -0.707. The molecule has 1 saturated heterocycles. The molecule has 0 unspecified atom stereocenters. The second kappa shape index (κ2) is 3.70. The van der Waals surface area contributed by atoms with Gasteiger partial charge in [0, 0.05) is 38.1 Å². The molecule has 90 valence electrons. The molecular formula is C11H23NO3. The van der Waals surface area contributed by atoms with Crippen molar-refractivity contribution in [3.8, 4) is 0 Å². The Kier molecular flexibility index (Phi) is 3.18. The van der Waals surface area contributed by atoms with Crippen LogP contribution in [0, 0.1) is 0 Å². The van der Waals surface area contributed by atoms with Gasteiger partial charge in [0.1, 0.15) is 0 Å². The summed E-state index contributed by atoms with van der Waals surface area (Å²) < 4.78 is 11.0. The normalized spacial score (nSPS) is 29.0. The van der Waals surface area contributed by atoms with Crippen molar-refractivity contribution in [2.75, 3.05) is 14.2 Å². The largest absolute Gasteiger partial charge is 0.353 e. The number of piperidine rings is 1. The van der Waals surface area contributed by atoms with Gasteiger partial charge in [-0.2, -0.15) is 5.06 Å². The van der Waals surface area contributed by atoms with Crippen LogP contribution in [0.25, 0.3) is 0 Å². The van der Waals surface area contributed by atoms with Crippen molar-refractivity contribution >= 4 is 0 Å². The van der Waals surface area contributed by atoms with Gasteiger partial charge in [0.15, 0.2) is 5.79 Å². The molecule has 0 spiro atoms. The Bertz CT molecular complexity index is 214. The van der Waals surface area contributed by atoms with E-state index in [-0.39, 0.29) is 11.1 Å². The Morgan fingerprint density at radius 3 is 1.53 bits per heavy atom. The molecule has 4 nitrogen and oxygen atoms in total. The van der Waals surface area contributed by atoms with E-state index >= 15 is 0 Å². The number of hydrogen-bond acceptors (Lipinski definition) is 4. The molecule has 0 amide bonds. The fraction of sp³-hybridized carbons (Fsp3) is 1.00. The molecular weight excluding hydrogens is 194 g/mol. The van der Waals surface area contributed by atoms with Crippen LogP contribution in [-0.4, -0.2) is 41.4 Å². The fourth-order valence-corrected chi connectivity index (χ4v) is 2.72. The second-order valence-corrected chi connectivity index (χ2v) is 5.61. The second-order valence-electron chi connectivity index (χ2n) is 5.61. The van der Waals surface area contributed by atoms with Gasteiger partial charge in [-0.3, -0.25) is 0 Å². The lowest BCUT2D eigenvalue weighted by molar-refractivity contribution is -0.330. The molecule has 1 rings (SSSR count). The standard InChI is InChI=1S/C11H23NO3/c1-9(2)7-11(14-5,15-6)8-10(3,4)12(9)13/h13H,7-8H2,1-6H3. The smallest absolute Gasteiger partial charge is 0.171 e. The maximum absolute atomic E-state index is 10.1. The van der Waals surface area contributed by atoms with Gasteiger partial charge in [0.05, 0.1) is 0 Å². The average Bonchev–Trinajstić information content (AvgIpc) is 2.13.